The number of amides is 2. The molecule has 0 bridgehead atoms. The molecule has 36 heavy (non-hydrogen) atoms. The number of likely N-dealkylation sites (tertiary alicyclic amines) is 1. The Bertz CT molecular complexity index is 1110. The Hall–Kier alpha value is -2.84. The number of hydrogen-bond donors (Lipinski definition) is 2. The lowest BCUT2D eigenvalue weighted by Crippen LogP contribution is -2.55. The number of rotatable bonds is 9. The molecule has 2 heterocycles. The van der Waals surface area contributed by atoms with Crippen LogP contribution < -0.4 is 10.6 Å². The summed E-state index contributed by atoms with van der Waals surface area (Å²) < 4.78 is 0. The van der Waals surface area contributed by atoms with Gasteiger partial charge in [-0.1, -0.05) is 50.1 Å². The lowest BCUT2D eigenvalue weighted by molar-refractivity contribution is -0.139. The first-order valence-electron chi connectivity index (χ1n) is 12.9. The highest BCUT2D eigenvalue weighted by atomic mass is 32.1. The number of nitrogens with one attached hydrogen (secondary N) is 2. The summed E-state index contributed by atoms with van der Waals surface area (Å²) >= 11 is 1.43. The second kappa shape index (κ2) is 11.9. The molecule has 2 aromatic rings. The molecule has 2 aliphatic rings. The number of benzene rings is 1. The van der Waals surface area contributed by atoms with Gasteiger partial charge in [-0.3, -0.25) is 14.4 Å². The van der Waals surface area contributed by atoms with Crippen LogP contribution in [0.2, 0.25) is 0 Å². The average Bonchev–Trinajstić information content (AvgIpc) is 3.61. The van der Waals surface area contributed by atoms with Gasteiger partial charge in [0.05, 0.1) is 12.1 Å². The molecule has 1 aromatic carbocycles. The number of carbonyl (C=O) groups is 3. The fourth-order valence-electron chi connectivity index (χ4n) is 5.22. The maximum absolute atomic E-state index is 13.9. The maximum atomic E-state index is 13.9. The zero-order chi connectivity index (χ0) is 25.7. The first-order valence-corrected chi connectivity index (χ1v) is 13.8. The molecular weight excluding hydrogens is 472 g/mol. The van der Waals surface area contributed by atoms with Crippen LogP contribution in [0.15, 0.2) is 36.2 Å². The van der Waals surface area contributed by atoms with Gasteiger partial charge < -0.3 is 15.5 Å². The largest absolute Gasteiger partial charge is 0.343 e. The first kappa shape index (κ1) is 26.2. The SMILES string of the molecule is C=Cc1cccc(C(=O)c2csc([C@@H]3CCCN3C(=O)[C@@H](NC(=O)[C@H](C)NC)C3CCCCC3)n2)c1. The Labute approximate surface area is 217 Å². The van der Waals surface area contributed by atoms with Crippen LogP contribution >= 0.6 is 11.3 Å². The van der Waals surface area contributed by atoms with Crippen molar-refractivity contribution in [2.24, 2.45) is 5.92 Å². The third-order valence-corrected chi connectivity index (χ3v) is 8.42. The van der Waals surface area contributed by atoms with Crippen molar-refractivity contribution in [2.45, 2.75) is 70.0 Å². The number of likely N-dealkylation sites (N-methyl/N-ethyl adjacent to an activating group) is 1. The van der Waals surface area contributed by atoms with E-state index in [1.807, 2.05) is 23.1 Å². The summed E-state index contributed by atoms with van der Waals surface area (Å²) in [7, 11) is 1.74. The summed E-state index contributed by atoms with van der Waals surface area (Å²) in [6, 6.07) is 6.25. The molecule has 2 fully saturated rings. The van der Waals surface area contributed by atoms with Crippen LogP contribution in [0.4, 0.5) is 0 Å². The predicted molar refractivity (Wildman–Crippen MR) is 143 cm³/mol. The van der Waals surface area contributed by atoms with E-state index in [0.29, 0.717) is 17.8 Å². The van der Waals surface area contributed by atoms with Gasteiger partial charge in [0.25, 0.3) is 0 Å². The molecule has 0 unspecified atom stereocenters. The quantitative estimate of drug-likeness (QED) is 0.492. The molecule has 8 heteroatoms. The van der Waals surface area contributed by atoms with Gasteiger partial charge in [-0.15, -0.1) is 11.3 Å². The highest BCUT2D eigenvalue weighted by Gasteiger charge is 2.40. The summed E-state index contributed by atoms with van der Waals surface area (Å²) in [6.45, 7) is 6.21. The van der Waals surface area contributed by atoms with E-state index in [1.54, 1.807) is 31.5 Å². The zero-order valence-corrected chi connectivity index (χ0v) is 22.0. The van der Waals surface area contributed by atoms with Gasteiger partial charge in [-0.25, -0.2) is 4.98 Å². The van der Waals surface area contributed by atoms with Crippen molar-refractivity contribution < 1.29 is 14.4 Å². The van der Waals surface area contributed by atoms with Gasteiger partial charge in [-0.2, -0.15) is 0 Å². The minimum Gasteiger partial charge on any atom is -0.343 e. The van der Waals surface area contributed by atoms with Crippen molar-refractivity contribution in [1.29, 1.82) is 0 Å². The van der Waals surface area contributed by atoms with Gasteiger partial charge in [-0.05, 0) is 57.2 Å². The predicted octanol–water partition coefficient (Wildman–Crippen LogP) is 4.35. The van der Waals surface area contributed by atoms with Crippen LogP contribution in [0.25, 0.3) is 6.08 Å². The van der Waals surface area contributed by atoms with E-state index in [2.05, 4.69) is 22.2 Å². The number of carbonyl (C=O) groups excluding carboxylic acids is 3. The van der Waals surface area contributed by atoms with Crippen molar-refractivity contribution in [1.82, 2.24) is 20.5 Å². The van der Waals surface area contributed by atoms with E-state index in [0.717, 1.165) is 49.1 Å². The molecule has 3 atom stereocenters. The topological polar surface area (TPSA) is 91.4 Å². The normalized spacial score (nSPS) is 20.1. The second-order valence-electron chi connectivity index (χ2n) is 9.81. The van der Waals surface area contributed by atoms with E-state index < -0.39 is 6.04 Å². The van der Waals surface area contributed by atoms with Crippen LogP contribution in [0.1, 0.15) is 84.5 Å². The average molecular weight is 509 g/mol. The number of ketones is 1. The van der Waals surface area contributed by atoms with Crippen molar-refractivity contribution >= 4 is 35.0 Å². The summed E-state index contributed by atoms with van der Waals surface area (Å²) in [4.78, 5) is 46.3. The van der Waals surface area contributed by atoms with Gasteiger partial charge >= 0.3 is 0 Å². The number of nitrogens with zero attached hydrogens (tertiary/aromatic N) is 2. The molecule has 7 nitrogen and oxygen atoms in total. The molecule has 1 saturated heterocycles. The standard InChI is InChI=1S/C28H36N4O3S/c1-4-19-10-8-13-21(16-19)25(33)22-17-36-27(30-22)23-14-9-15-32(23)28(35)24(20-11-6-5-7-12-20)31-26(34)18(2)29-3/h4,8,10,13,16-18,20,23-24,29H,1,5-7,9,11-12,14-15H2,2-3H3,(H,31,34)/t18-,23-,24-/m0/s1. The molecule has 1 saturated carbocycles. The second-order valence-corrected chi connectivity index (χ2v) is 10.7. The first-order chi connectivity index (χ1) is 17.4. The number of thiazole rings is 1. The zero-order valence-electron chi connectivity index (χ0n) is 21.2. The summed E-state index contributed by atoms with van der Waals surface area (Å²) in [5.41, 5.74) is 1.85. The smallest absolute Gasteiger partial charge is 0.246 e. The van der Waals surface area contributed by atoms with E-state index in [9.17, 15) is 14.4 Å². The van der Waals surface area contributed by atoms with Gasteiger partial charge in [0.2, 0.25) is 17.6 Å². The third kappa shape index (κ3) is 5.76. The minimum absolute atomic E-state index is 0.0252. The van der Waals surface area contributed by atoms with Crippen molar-refractivity contribution in [3.63, 3.8) is 0 Å². The van der Waals surface area contributed by atoms with Crippen molar-refractivity contribution in [3.05, 3.63) is 58.1 Å². The highest BCUT2D eigenvalue weighted by molar-refractivity contribution is 7.10. The lowest BCUT2D eigenvalue weighted by Gasteiger charge is -2.35. The van der Waals surface area contributed by atoms with Crippen LogP contribution in [0, 0.1) is 5.92 Å². The van der Waals surface area contributed by atoms with Gasteiger partial charge in [0.15, 0.2) is 0 Å². The van der Waals surface area contributed by atoms with Crippen molar-refractivity contribution in [3.8, 4) is 0 Å². The molecule has 4 rings (SSSR count). The van der Waals surface area contributed by atoms with Crippen LogP contribution in [-0.4, -0.2) is 53.2 Å². The van der Waals surface area contributed by atoms with Crippen LogP contribution in [0.3, 0.4) is 0 Å². The monoisotopic (exact) mass is 508 g/mol. The summed E-state index contributed by atoms with van der Waals surface area (Å²) in [5, 5.41) is 8.60. The molecule has 1 aromatic heterocycles. The molecule has 2 amide bonds. The van der Waals surface area contributed by atoms with Crippen molar-refractivity contribution in [2.75, 3.05) is 13.6 Å². The maximum Gasteiger partial charge on any atom is 0.246 e. The van der Waals surface area contributed by atoms with E-state index in [4.69, 9.17) is 0 Å². The fraction of sp³-hybridized carbons (Fsp3) is 0.500. The fourth-order valence-corrected chi connectivity index (χ4v) is 6.17. The molecule has 0 spiro atoms. The Morgan fingerprint density at radius 1 is 1.17 bits per heavy atom. The van der Waals surface area contributed by atoms with E-state index in [1.165, 1.54) is 17.8 Å². The highest BCUT2D eigenvalue weighted by Crippen LogP contribution is 2.36. The number of aromatic nitrogens is 1. The molecule has 0 radical (unpaired) electrons. The van der Waals surface area contributed by atoms with Gasteiger partial charge in [0, 0.05) is 17.5 Å². The van der Waals surface area contributed by atoms with E-state index in [-0.39, 0.29) is 35.6 Å². The third-order valence-electron chi connectivity index (χ3n) is 7.47. The van der Waals surface area contributed by atoms with Gasteiger partial charge in [0.1, 0.15) is 16.7 Å². The minimum atomic E-state index is -0.531. The molecule has 2 N–H and O–H groups in total. The summed E-state index contributed by atoms with van der Waals surface area (Å²) in [5.74, 6) is -0.166. The Morgan fingerprint density at radius 3 is 2.67 bits per heavy atom. The Kier molecular flexibility index (Phi) is 8.69. The molecule has 192 valence electrons. The molecule has 1 aliphatic carbocycles. The van der Waals surface area contributed by atoms with Crippen LogP contribution in [0.5, 0.6) is 0 Å². The summed E-state index contributed by atoms with van der Waals surface area (Å²) in [6.07, 6.45) is 8.63. The molecule has 1 aliphatic heterocycles. The van der Waals surface area contributed by atoms with Crippen LogP contribution in [-0.2, 0) is 9.59 Å². The Balaban J connectivity index is 1.54. The van der Waals surface area contributed by atoms with E-state index >= 15 is 0 Å². The molecular formula is C28H36N4O3S. The number of hydrogen-bond acceptors (Lipinski definition) is 6. The Morgan fingerprint density at radius 2 is 1.94 bits per heavy atom. The lowest BCUT2D eigenvalue weighted by atomic mass is 9.83.